The van der Waals surface area contributed by atoms with Crippen molar-refractivity contribution in [1.29, 1.82) is 0 Å². The van der Waals surface area contributed by atoms with E-state index >= 15 is 0 Å². The first kappa shape index (κ1) is 20.2. The summed E-state index contributed by atoms with van der Waals surface area (Å²) in [6.45, 7) is 1.13. The topological polar surface area (TPSA) is 79.4 Å². The zero-order valence-corrected chi connectivity index (χ0v) is 18.1. The first-order valence-corrected chi connectivity index (χ1v) is 12.5. The van der Waals surface area contributed by atoms with Crippen molar-refractivity contribution in [2.24, 2.45) is 5.92 Å². The molecule has 1 aliphatic rings. The molecular weight excluding hydrogens is 426 g/mol. The van der Waals surface area contributed by atoms with Gasteiger partial charge in [-0.2, -0.15) is 4.31 Å². The molecule has 9 heteroatoms. The average molecular weight is 448 g/mol. The molecule has 0 unspecified atom stereocenters. The molecule has 0 atom stereocenters. The molecule has 1 aromatic carbocycles. The summed E-state index contributed by atoms with van der Waals surface area (Å²) >= 11 is 2.75. The van der Waals surface area contributed by atoms with Crippen LogP contribution in [0.25, 0.3) is 11.3 Å². The van der Waals surface area contributed by atoms with E-state index in [0.29, 0.717) is 36.7 Å². The highest BCUT2D eigenvalue weighted by Crippen LogP contribution is 2.27. The number of nitrogens with one attached hydrogen (secondary N) is 1. The van der Waals surface area contributed by atoms with Crippen LogP contribution in [0, 0.1) is 5.92 Å². The molecule has 0 spiro atoms. The van der Waals surface area contributed by atoms with Gasteiger partial charge in [-0.05, 0) is 24.3 Å². The average Bonchev–Trinajstić information content (AvgIpc) is 3.45. The summed E-state index contributed by atoms with van der Waals surface area (Å²) in [5, 5.41) is 7.56. The Kier molecular flexibility index (Phi) is 6.09. The number of carbonyl (C=O) groups is 1. The summed E-state index contributed by atoms with van der Waals surface area (Å²) in [5.74, 6) is -0.201. The monoisotopic (exact) mass is 447 g/mol. The number of rotatable bonds is 6. The van der Waals surface area contributed by atoms with E-state index in [1.54, 1.807) is 17.5 Å². The Morgan fingerprint density at radius 2 is 1.86 bits per heavy atom. The summed E-state index contributed by atoms with van der Waals surface area (Å²) < 4.78 is 27.0. The summed E-state index contributed by atoms with van der Waals surface area (Å²) in [6, 6.07) is 13.3. The van der Waals surface area contributed by atoms with Crippen molar-refractivity contribution >= 4 is 38.6 Å². The Morgan fingerprint density at radius 1 is 1.10 bits per heavy atom. The van der Waals surface area contributed by atoms with Crippen LogP contribution < -0.4 is 5.32 Å². The zero-order chi connectivity index (χ0) is 20.3. The lowest BCUT2D eigenvalue weighted by molar-refractivity contribution is -0.126. The largest absolute Gasteiger partial charge is 0.349 e. The number of benzene rings is 1. The normalized spacial score (nSPS) is 16.0. The Hall–Kier alpha value is -2.07. The lowest BCUT2D eigenvalue weighted by Crippen LogP contribution is -2.42. The quantitative estimate of drug-likeness (QED) is 0.626. The number of thiophene rings is 1. The first-order valence-electron chi connectivity index (χ1n) is 9.35. The van der Waals surface area contributed by atoms with Gasteiger partial charge in [-0.1, -0.05) is 36.4 Å². The van der Waals surface area contributed by atoms with E-state index in [-0.39, 0.29) is 11.8 Å². The third-order valence-electron chi connectivity index (χ3n) is 4.95. The van der Waals surface area contributed by atoms with Gasteiger partial charge in [0.25, 0.3) is 10.0 Å². The fourth-order valence-corrected chi connectivity index (χ4v) is 6.69. The molecule has 1 amide bonds. The van der Waals surface area contributed by atoms with E-state index in [0.717, 1.165) is 16.3 Å². The maximum Gasteiger partial charge on any atom is 0.252 e. The van der Waals surface area contributed by atoms with Crippen LogP contribution in [0.5, 0.6) is 0 Å². The highest BCUT2D eigenvalue weighted by Gasteiger charge is 2.32. The molecular formula is C20H21N3O3S3. The van der Waals surface area contributed by atoms with Crippen LogP contribution in [0.4, 0.5) is 0 Å². The number of amides is 1. The number of thiazole rings is 1. The van der Waals surface area contributed by atoms with Crippen molar-refractivity contribution in [3.63, 3.8) is 0 Å². The van der Waals surface area contributed by atoms with Crippen LogP contribution >= 0.6 is 22.7 Å². The third kappa shape index (κ3) is 4.58. The maximum atomic E-state index is 12.6. The molecule has 152 valence electrons. The molecule has 3 heterocycles. The van der Waals surface area contributed by atoms with Crippen LogP contribution in [-0.2, 0) is 21.4 Å². The van der Waals surface area contributed by atoms with E-state index in [2.05, 4.69) is 10.3 Å². The van der Waals surface area contributed by atoms with Gasteiger partial charge in [-0.25, -0.2) is 13.4 Å². The van der Waals surface area contributed by atoms with Crippen molar-refractivity contribution in [2.45, 2.75) is 23.6 Å². The number of hydrogen-bond acceptors (Lipinski definition) is 6. The minimum absolute atomic E-state index is 0.0327. The lowest BCUT2D eigenvalue weighted by atomic mass is 9.97. The number of nitrogens with zero attached hydrogens (tertiary/aromatic N) is 2. The molecule has 1 fully saturated rings. The number of carbonyl (C=O) groups excluding carboxylic acids is 1. The standard InChI is InChI=1S/C20H21N3O3S3/c24-20(21-13-18-22-17(14-28-18)15-5-2-1-3-6-15)16-8-10-23(11-9-16)29(25,26)19-7-4-12-27-19/h1-7,12,14,16H,8-11,13H2,(H,21,24). The molecule has 6 nitrogen and oxygen atoms in total. The number of hydrogen-bond donors (Lipinski definition) is 1. The van der Waals surface area contributed by atoms with Crippen molar-refractivity contribution in [3.8, 4) is 11.3 Å². The molecule has 1 aliphatic heterocycles. The smallest absolute Gasteiger partial charge is 0.252 e. The fraction of sp³-hybridized carbons (Fsp3) is 0.300. The summed E-state index contributed by atoms with van der Waals surface area (Å²) in [4.78, 5) is 17.1. The van der Waals surface area contributed by atoms with Crippen molar-refractivity contribution < 1.29 is 13.2 Å². The van der Waals surface area contributed by atoms with Crippen molar-refractivity contribution in [3.05, 3.63) is 58.2 Å². The summed E-state index contributed by atoms with van der Waals surface area (Å²) in [6.07, 6.45) is 1.06. The molecule has 0 bridgehead atoms. The van der Waals surface area contributed by atoms with Crippen LogP contribution in [-0.4, -0.2) is 36.7 Å². The maximum absolute atomic E-state index is 12.6. The Bertz CT molecular complexity index is 1050. The van der Waals surface area contributed by atoms with Crippen LogP contribution in [0.2, 0.25) is 0 Å². The Labute approximate surface area is 178 Å². The third-order valence-corrected chi connectivity index (χ3v) is 9.07. The minimum Gasteiger partial charge on any atom is -0.349 e. The van der Waals surface area contributed by atoms with E-state index in [9.17, 15) is 13.2 Å². The predicted molar refractivity (Wildman–Crippen MR) is 115 cm³/mol. The second kappa shape index (κ2) is 8.74. The van der Waals surface area contributed by atoms with Crippen LogP contribution in [0.3, 0.4) is 0 Å². The number of sulfonamides is 1. The van der Waals surface area contributed by atoms with E-state index in [4.69, 9.17) is 0 Å². The van der Waals surface area contributed by atoms with Crippen molar-refractivity contribution in [2.75, 3.05) is 13.1 Å². The molecule has 1 saturated heterocycles. The Morgan fingerprint density at radius 3 is 2.55 bits per heavy atom. The molecule has 1 N–H and O–H groups in total. The fourth-order valence-electron chi connectivity index (χ4n) is 3.34. The van der Waals surface area contributed by atoms with Crippen LogP contribution in [0.1, 0.15) is 17.8 Å². The predicted octanol–water partition coefficient (Wildman–Crippen LogP) is 3.59. The van der Waals surface area contributed by atoms with E-state index in [1.807, 2.05) is 35.7 Å². The molecule has 3 aromatic rings. The van der Waals surface area contributed by atoms with Gasteiger partial charge in [-0.15, -0.1) is 22.7 Å². The first-order chi connectivity index (χ1) is 14.0. The molecule has 2 aromatic heterocycles. The number of piperidine rings is 1. The second-order valence-corrected chi connectivity index (χ2v) is 10.9. The Balaban J connectivity index is 1.29. The van der Waals surface area contributed by atoms with Gasteiger partial charge in [-0.3, -0.25) is 4.79 Å². The van der Waals surface area contributed by atoms with Gasteiger partial charge in [0, 0.05) is 30.0 Å². The SMILES string of the molecule is O=C(NCc1nc(-c2ccccc2)cs1)C1CCN(S(=O)(=O)c2cccs2)CC1. The minimum atomic E-state index is -3.43. The van der Waals surface area contributed by atoms with Gasteiger partial charge in [0.1, 0.15) is 9.22 Å². The second-order valence-electron chi connectivity index (χ2n) is 6.82. The molecule has 0 aliphatic carbocycles. The van der Waals surface area contributed by atoms with Crippen LogP contribution in [0.15, 0.2) is 57.4 Å². The van der Waals surface area contributed by atoms with Gasteiger partial charge in [0.05, 0.1) is 12.2 Å². The zero-order valence-electron chi connectivity index (χ0n) is 15.7. The molecule has 0 radical (unpaired) electrons. The number of aromatic nitrogens is 1. The van der Waals surface area contributed by atoms with Gasteiger partial charge in [0.2, 0.25) is 5.91 Å². The van der Waals surface area contributed by atoms with Gasteiger partial charge >= 0.3 is 0 Å². The summed E-state index contributed by atoms with van der Waals surface area (Å²) in [7, 11) is -3.43. The molecule has 29 heavy (non-hydrogen) atoms. The van der Waals surface area contributed by atoms with Gasteiger partial charge < -0.3 is 5.32 Å². The molecule has 4 rings (SSSR count). The van der Waals surface area contributed by atoms with Gasteiger partial charge in [0.15, 0.2) is 0 Å². The van der Waals surface area contributed by atoms with Crippen molar-refractivity contribution in [1.82, 2.24) is 14.6 Å². The highest BCUT2D eigenvalue weighted by molar-refractivity contribution is 7.91. The van der Waals surface area contributed by atoms with E-state index < -0.39 is 10.0 Å². The van der Waals surface area contributed by atoms with E-state index in [1.165, 1.54) is 27.0 Å². The lowest BCUT2D eigenvalue weighted by Gasteiger charge is -2.30. The molecule has 0 saturated carbocycles. The summed E-state index contributed by atoms with van der Waals surface area (Å²) in [5.41, 5.74) is 1.97. The highest BCUT2D eigenvalue weighted by atomic mass is 32.2.